The number of carbonyl (C=O) groups is 2. The van der Waals surface area contributed by atoms with Crippen LogP contribution in [-0.4, -0.2) is 36.2 Å². The van der Waals surface area contributed by atoms with Crippen LogP contribution in [0.3, 0.4) is 0 Å². The van der Waals surface area contributed by atoms with Gasteiger partial charge in [0.2, 0.25) is 0 Å². The first-order valence-corrected chi connectivity index (χ1v) is 13.4. The Morgan fingerprint density at radius 3 is 1.74 bits per heavy atom. The molecule has 4 amide bonds. The van der Waals surface area contributed by atoms with Crippen molar-refractivity contribution in [1.82, 2.24) is 21.3 Å². The Labute approximate surface area is 215 Å². The van der Waals surface area contributed by atoms with Crippen molar-refractivity contribution in [3.05, 3.63) is 50.1 Å². The van der Waals surface area contributed by atoms with E-state index in [2.05, 4.69) is 80.9 Å². The molecule has 200 valence electrons. The molecule has 0 radical (unpaired) electrons. The molecule has 0 heterocycles. The number of carbonyl (C=O) groups excluding carboxylic acids is 2. The van der Waals surface area contributed by atoms with Gasteiger partial charge in [-0.25, -0.2) is 9.59 Å². The highest BCUT2D eigenvalue weighted by molar-refractivity contribution is 5.75. The molecule has 0 rings (SSSR count). The summed E-state index contributed by atoms with van der Waals surface area (Å²) in [7, 11) is 0. The van der Waals surface area contributed by atoms with Gasteiger partial charge in [-0.1, -0.05) is 70.9 Å². The zero-order valence-electron chi connectivity index (χ0n) is 22.9. The van der Waals surface area contributed by atoms with Crippen LogP contribution in [0.25, 0.3) is 0 Å². The summed E-state index contributed by atoms with van der Waals surface area (Å²) in [5.74, 6) is 0.425. The second-order valence-electron chi connectivity index (χ2n) is 9.38. The molecule has 0 aliphatic heterocycles. The van der Waals surface area contributed by atoms with Crippen molar-refractivity contribution in [2.24, 2.45) is 5.92 Å². The predicted octanol–water partition coefficient (Wildman–Crippen LogP) is 6.77. The molecule has 1 atom stereocenters. The van der Waals surface area contributed by atoms with Crippen molar-refractivity contribution >= 4 is 12.1 Å². The van der Waals surface area contributed by atoms with Crippen LogP contribution in [0.4, 0.5) is 9.59 Å². The Bertz CT molecular complexity index is 664. The van der Waals surface area contributed by atoms with Crippen LogP contribution in [-0.2, 0) is 0 Å². The van der Waals surface area contributed by atoms with E-state index in [0.29, 0.717) is 19.0 Å². The fraction of sp³-hybridized carbons (Fsp3) is 0.655. The van der Waals surface area contributed by atoms with E-state index in [1.54, 1.807) is 12.2 Å². The lowest BCUT2D eigenvalue weighted by molar-refractivity contribution is 0.214. The zero-order valence-corrected chi connectivity index (χ0v) is 22.9. The minimum atomic E-state index is -0.236. The van der Waals surface area contributed by atoms with E-state index in [9.17, 15) is 9.59 Å². The first-order valence-electron chi connectivity index (χ1n) is 13.4. The van der Waals surface area contributed by atoms with E-state index >= 15 is 0 Å². The Balaban J connectivity index is 4.66. The minimum Gasteiger partial charge on any atom is -0.335 e. The van der Waals surface area contributed by atoms with Gasteiger partial charge in [-0.3, -0.25) is 0 Å². The molecule has 0 aromatic heterocycles. The van der Waals surface area contributed by atoms with Crippen LogP contribution in [0, 0.1) is 5.92 Å². The Morgan fingerprint density at radius 2 is 1.29 bits per heavy atom. The summed E-state index contributed by atoms with van der Waals surface area (Å²) in [5.41, 5.74) is -0.399. The number of allylic oxidation sites excluding steroid dienone is 2. The molecular formula is C29H52N4O2. The van der Waals surface area contributed by atoms with Gasteiger partial charge in [0, 0.05) is 24.2 Å². The maximum Gasteiger partial charge on any atom is 0.315 e. The van der Waals surface area contributed by atoms with Crippen LogP contribution in [0.2, 0.25) is 0 Å². The summed E-state index contributed by atoms with van der Waals surface area (Å²) in [4.78, 5) is 24.3. The summed E-state index contributed by atoms with van der Waals surface area (Å²) < 4.78 is 0. The molecule has 6 heteroatoms. The second kappa shape index (κ2) is 18.8. The average molecular weight is 489 g/mol. The number of unbranched alkanes of at least 4 members (excludes halogenated alkanes) is 1. The van der Waals surface area contributed by atoms with E-state index in [1.165, 1.54) is 0 Å². The third-order valence-electron chi connectivity index (χ3n) is 7.21. The van der Waals surface area contributed by atoms with Crippen molar-refractivity contribution < 1.29 is 9.59 Å². The summed E-state index contributed by atoms with van der Waals surface area (Å²) in [5, 5.41) is 12.0. The van der Waals surface area contributed by atoms with Gasteiger partial charge in [-0.15, -0.1) is 19.7 Å². The van der Waals surface area contributed by atoms with Gasteiger partial charge in [0.1, 0.15) is 0 Å². The summed E-state index contributed by atoms with van der Waals surface area (Å²) in [6, 6.07) is -0.264. The van der Waals surface area contributed by atoms with Gasteiger partial charge in [0.25, 0.3) is 0 Å². The molecule has 0 bridgehead atoms. The van der Waals surface area contributed by atoms with Crippen LogP contribution in [0.15, 0.2) is 50.1 Å². The zero-order chi connectivity index (χ0) is 26.6. The lowest BCUT2D eigenvalue weighted by Gasteiger charge is -2.33. The minimum absolute atomic E-state index is 0.120. The van der Waals surface area contributed by atoms with E-state index in [0.717, 1.165) is 64.2 Å². The first kappa shape index (κ1) is 32.5. The number of hydrogen-bond donors (Lipinski definition) is 4. The SMILES string of the molecule is C=CCNC(=O)NC(CC)(CC)C/C=C/CC(C=C)CCCCC(CC)(CC)NC(=O)NCC=C. The fourth-order valence-corrected chi connectivity index (χ4v) is 4.29. The standard InChI is InChI=1S/C29H52N4O2/c1-8-23-30-26(34)32-28(11-4,12-5)21-17-15-19-25(10-3)20-16-18-22-29(13-6,14-7)33-27(35)31-24-9-2/h8-10,15,17,25H,1-3,11-14,16,18-24H2,4-7H3,(H2,30,32,34)(H2,31,33,35)/b17-15+. The van der Waals surface area contributed by atoms with Gasteiger partial charge in [-0.05, 0) is 57.3 Å². The Kier molecular flexibility index (Phi) is 17.4. The highest BCUT2D eigenvalue weighted by atomic mass is 16.2. The van der Waals surface area contributed by atoms with Crippen LogP contribution in [0.5, 0.6) is 0 Å². The molecule has 0 aliphatic rings. The molecule has 35 heavy (non-hydrogen) atoms. The molecule has 0 aromatic rings. The lowest BCUT2D eigenvalue weighted by atomic mass is 9.85. The number of amides is 4. The highest BCUT2D eigenvalue weighted by Gasteiger charge is 2.28. The van der Waals surface area contributed by atoms with Crippen molar-refractivity contribution in [2.75, 3.05) is 13.1 Å². The van der Waals surface area contributed by atoms with E-state index < -0.39 is 0 Å². The maximum atomic E-state index is 12.2. The fourth-order valence-electron chi connectivity index (χ4n) is 4.29. The smallest absolute Gasteiger partial charge is 0.315 e. The monoisotopic (exact) mass is 488 g/mol. The molecule has 6 nitrogen and oxygen atoms in total. The molecule has 0 spiro atoms. The Hall–Kier alpha value is -2.50. The van der Waals surface area contributed by atoms with E-state index in [1.807, 2.05) is 6.08 Å². The van der Waals surface area contributed by atoms with Gasteiger partial charge >= 0.3 is 12.1 Å². The molecule has 0 saturated heterocycles. The van der Waals surface area contributed by atoms with E-state index in [-0.39, 0.29) is 23.1 Å². The van der Waals surface area contributed by atoms with Crippen molar-refractivity contribution in [2.45, 2.75) is 103 Å². The van der Waals surface area contributed by atoms with Gasteiger partial charge in [0.05, 0.1) is 0 Å². The van der Waals surface area contributed by atoms with Gasteiger partial charge in [0.15, 0.2) is 0 Å². The highest BCUT2D eigenvalue weighted by Crippen LogP contribution is 2.25. The van der Waals surface area contributed by atoms with E-state index in [4.69, 9.17) is 0 Å². The third kappa shape index (κ3) is 13.2. The maximum absolute atomic E-state index is 12.2. The molecule has 0 aliphatic carbocycles. The largest absolute Gasteiger partial charge is 0.335 e. The first-order chi connectivity index (χ1) is 16.8. The quantitative estimate of drug-likeness (QED) is 0.113. The second-order valence-corrected chi connectivity index (χ2v) is 9.38. The number of urea groups is 2. The number of hydrogen-bond acceptors (Lipinski definition) is 2. The molecule has 0 fully saturated rings. The molecule has 0 aromatic carbocycles. The molecule has 0 saturated carbocycles. The predicted molar refractivity (Wildman–Crippen MR) is 151 cm³/mol. The Morgan fingerprint density at radius 1 is 0.771 bits per heavy atom. The third-order valence-corrected chi connectivity index (χ3v) is 7.21. The summed E-state index contributed by atoms with van der Waals surface area (Å²) >= 11 is 0. The molecule has 4 N–H and O–H groups in total. The summed E-state index contributed by atoms with van der Waals surface area (Å²) in [6.45, 7) is 20.8. The summed E-state index contributed by atoms with van der Waals surface area (Å²) in [6.07, 6.45) is 19.4. The van der Waals surface area contributed by atoms with Gasteiger partial charge in [-0.2, -0.15) is 0 Å². The van der Waals surface area contributed by atoms with Crippen LogP contribution < -0.4 is 21.3 Å². The van der Waals surface area contributed by atoms with Crippen molar-refractivity contribution in [1.29, 1.82) is 0 Å². The number of nitrogens with one attached hydrogen (secondary N) is 4. The average Bonchev–Trinajstić information content (AvgIpc) is 2.88. The molecule has 1 unspecified atom stereocenters. The molecular weight excluding hydrogens is 436 g/mol. The van der Waals surface area contributed by atoms with Crippen molar-refractivity contribution in [3.63, 3.8) is 0 Å². The van der Waals surface area contributed by atoms with Crippen LogP contribution in [0.1, 0.15) is 91.9 Å². The number of rotatable bonds is 20. The lowest BCUT2D eigenvalue weighted by Crippen LogP contribution is -2.51. The van der Waals surface area contributed by atoms with Crippen molar-refractivity contribution in [3.8, 4) is 0 Å². The van der Waals surface area contributed by atoms with Gasteiger partial charge < -0.3 is 21.3 Å². The topological polar surface area (TPSA) is 82.3 Å². The normalized spacial score (nSPS) is 12.6. The van der Waals surface area contributed by atoms with Crippen LogP contribution >= 0.6 is 0 Å².